The van der Waals surface area contributed by atoms with E-state index < -0.39 is 43.1 Å². The van der Waals surface area contributed by atoms with E-state index in [1.54, 1.807) is 6.92 Å². The molecule has 0 bridgehead atoms. The molecule has 60 heavy (non-hydrogen) atoms. The number of terminal acetylenes is 1. The second kappa shape index (κ2) is 18.6. The number of ether oxygens (including phenoxy) is 2. The molecule has 2 N–H and O–H groups in total. The molecule has 3 aliphatic heterocycles. The number of carbonyl (C=O) groups excluding carboxylic acids is 1. The summed E-state index contributed by atoms with van der Waals surface area (Å²) >= 11 is 0. The van der Waals surface area contributed by atoms with Crippen molar-refractivity contribution >= 4 is 41.2 Å². The number of rotatable bonds is 16. The molecule has 0 radical (unpaired) electrons. The molecular weight excluding hydrogens is 798 g/mol. The number of hydrazine groups is 1. The quantitative estimate of drug-likeness (QED) is 0.0639. The summed E-state index contributed by atoms with van der Waals surface area (Å²) in [5.74, 6) is 0.611. The van der Waals surface area contributed by atoms with Crippen LogP contribution in [0.25, 0.3) is 32.9 Å². The molecule has 4 atom stereocenters. The van der Waals surface area contributed by atoms with Crippen LogP contribution in [0, 0.1) is 29.9 Å². The SMILES string of the molecule is C#Cc1c(F)ccc2cc(OP(=O)(N[C@@H](C)C(=O)OCC(CC)CC)OCC)cc(-c3ncc4c(N5CCCCCN5)nc(OC[C@@]56CCCN5C[C@H](F)C6)nc4c3F)c12. The van der Waals surface area contributed by atoms with Crippen LogP contribution in [-0.4, -0.2) is 89.6 Å². The average Bonchev–Trinajstić information content (AvgIpc) is 3.61. The van der Waals surface area contributed by atoms with E-state index in [4.69, 9.17) is 29.9 Å². The van der Waals surface area contributed by atoms with Gasteiger partial charge in [-0.2, -0.15) is 15.1 Å². The highest BCUT2D eigenvalue weighted by atomic mass is 31.2. The van der Waals surface area contributed by atoms with Gasteiger partial charge in [0.15, 0.2) is 11.6 Å². The molecule has 2 aromatic carbocycles. The monoisotopic (exact) mass is 851 g/mol. The lowest BCUT2D eigenvalue weighted by molar-refractivity contribution is -0.146. The topological polar surface area (TPSA) is 140 Å². The second-order valence-corrected chi connectivity index (χ2v) is 17.5. The van der Waals surface area contributed by atoms with Gasteiger partial charge in [0.1, 0.15) is 41.6 Å². The number of anilines is 1. The van der Waals surface area contributed by atoms with E-state index in [2.05, 4.69) is 31.3 Å². The second-order valence-electron chi connectivity index (χ2n) is 15.8. The molecule has 2 aromatic heterocycles. The number of hydrogen-bond acceptors (Lipinski definition) is 12. The molecule has 0 aliphatic carbocycles. The van der Waals surface area contributed by atoms with Crippen molar-refractivity contribution in [3.63, 3.8) is 0 Å². The van der Waals surface area contributed by atoms with Crippen LogP contribution >= 0.6 is 7.75 Å². The van der Waals surface area contributed by atoms with Crippen LogP contribution in [0.4, 0.5) is 19.0 Å². The number of halogens is 3. The number of nitrogens with one attached hydrogen (secondary N) is 2. The van der Waals surface area contributed by atoms with E-state index >= 15 is 8.78 Å². The van der Waals surface area contributed by atoms with E-state index in [0.29, 0.717) is 42.6 Å². The Morgan fingerprint density at radius 3 is 2.72 bits per heavy atom. The fraction of sp³-hybridized carbons (Fsp3) is 0.535. The molecule has 0 saturated carbocycles. The van der Waals surface area contributed by atoms with Gasteiger partial charge >= 0.3 is 19.7 Å². The average molecular weight is 852 g/mol. The summed E-state index contributed by atoms with van der Waals surface area (Å²) in [5.41, 5.74) is 2.35. The number of esters is 1. The molecule has 3 fully saturated rings. The third-order valence-electron chi connectivity index (χ3n) is 11.8. The fourth-order valence-corrected chi connectivity index (χ4v) is 9.99. The molecule has 0 amide bonds. The Morgan fingerprint density at radius 1 is 1.13 bits per heavy atom. The first-order valence-electron chi connectivity index (χ1n) is 20.9. The standard InChI is InChI=1S/C43H53F3N7O6P/c1-6-28(7-2)25-56-41(54)27(5)51-60(55,58-9-4)59-31-20-29-14-15-35(45)32(8-3)36(29)33(21-31)38-37(46)39-34(23-47-38)40(53-19-12-10-11-17-48-53)50-42(49-39)57-26-43-16-13-18-52(43)24-30(44)22-43/h3,14-15,20-21,23,27-28,30,48H,6-7,9-13,16-19,22,24-26H2,1-2,4-5H3,(H,51,55)/t27-,30+,43-,60?/m0/s1. The Kier molecular flexibility index (Phi) is 13.5. The zero-order valence-corrected chi connectivity index (χ0v) is 35.5. The zero-order chi connectivity index (χ0) is 42.6. The maximum Gasteiger partial charge on any atom is 0.459 e. The maximum absolute atomic E-state index is 17.4. The Labute approximate surface area is 348 Å². The van der Waals surface area contributed by atoms with E-state index in [1.165, 1.54) is 37.4 Å². The third kappa shape index (κ3) is 9.06. The molecule has 7 rings (SSSR count). The Balaban J connectivity index is 1.31. The first kappa shape index (κ1) is 43.6. The van der Waals surface area contributed by atoms with Gasteiger partial charge in [-0.3, -0.25) is 24.2 Å². The van der Waals surface area contributed by atoms with Crippen molar-refractivity contribution in [1.29, 1.82) is 0 Å². The van der Waals surface area contributed by atoms with Crippen molar-refractivity contribution in [2.24, 2.45) is 5.92 Å². The van der Waals surface area contributed by atoms with Crippen molar-refractivity contribution in [2.75, 3.05) is 51.0 Å². The van der Waals surface area contributed by atoms with Gasteiger partial charge in [0.2, 0.25) is 0 Å². The maximum atomic E-state index is 17.4. The van der Waals surface area contributed by atoms with Crippen LogP contribution in [0.5, 0.6) is 11.8 Å². The lowest BCUT2D eigenvalue weighted by Gasteiger charge is -2.31. The predicted octanol–water partition coefficient (Wildman–Crippen LogP) is 8.04. The summed E-state index contributed by atoms with van der Waals surface area (Å²) in [6, 6.07) is 4.25. The highest BCUT2D eigenvalue weighted by molar-refractivity contribution is 7.52. The number of hydrogen-bond donors (Lipinski definition) is 2. The van der Waals surface area contributed by atoms with E-state index in [9.17, 15) is 13.8 Å². The van der Waals surface area contributed by atoms with Crippen molar-refractivity contribution in [3.05, 3.63) is 47.7 Å². The minimum absolute atomic E-state index is 0.0194. The largest absolute Gasteiger partial charge is 0.464 e. The molecule has 3 aliphatic rings. The van der Waals surface area contributed by atoms with E-state index in [1.807, 2.05) is 18.9 Å². The predicted molar refractivity (Wildman–Crippen MR) is 223 cm³/mol. The smallest absolute Gasteiger partial charge is 0.459 e. The van der Waals surface area contributed by atoms with Crippen LogP contribution < -0.4 is 24.8 Å². The number of benzene rings is 2. The summed E-state index contributed by atoms with van der Waals surface area (Å²) in [4.78, 5) is 29.0. The van der Waals surface area contributed by atoms with E-state index in [-0.39, 0.29) is 65.2 Å². The molecule has 17 heteroatoms. The van der Waals surface area contributed by atoms with Gasteiger partial charge in [-0.05, 0) is 75.6 Å². The van der Waals surface area contributed by atoms with Gasteiger partial charge in [0, 0.05) is 43.2 Å². The molecular formula is C43H53F3N7O6P. The van der Waals surface area contributed by atoms with Gasteiger partial charge in [-0.25, -0.2) is 23.2 Å². The normalized spacial score (nSPS) is 21.1. The summed E-state index contributed by atoms with van der Waals surface area (Å²) in [6.07, 6.45) is 12.8. The lowest BCUT2D eigenvalue weighted by Crippen LogP contribution is -2.43. The summed E-state index contributed by atoms with van der Waals surface area (Å²) in [5, 5.41) is 5.27. The van der Waals surface area contributed by atoms with Gasteiger partial charge < -0.3 is 14.0 Å². The van der Waals surface area contributed by atoms with Gasteiger partial charge in [-0.1, -0.05) is 45.1 Å². The Bertz CT molecular complexity index is 2300. The van der Waals surface area contributed by atoms with Crippen molar-refractivity contribution < 1.29 is 41.1 Å². The van der Waals surface area contributed by atoms with Crippen LogP contribution in [0.1, 0.15) is 84.6 Å². The summed E-state index contributed by atoms with van der Waals surface area (Å²) in [6.45, 7) is 9.74. The molecule has 5 heterocycles. The molecule has 322 valence electrons. The van der Waals surface area contributed by atoms with Crippen molar-refractivity contribution in [1.82, 2.24) is 30.4 Å². The fourth-order valence-electron chi connectivity index (χ4n) is 8.50. The van der Waals surface area contributed by atoms with Gasteiger partial charge in [0.25, 0.3) is 0 Å². The Hall–Kier alpha value is -4.52. The van der Waals surface area contributed by atoms with Crippen LogP contribution in [0.2, 0.25) is 0 Å². The summed E-state index contributed by atoms with van der Waals surface area (Å²) < 4.78 is 85.1. The number of aromatic nitrogens is 3. The zero-order valence-electron chi connectivity index (χ0n) is 34.6. The van der Waals surface area contributed by atoms with Crippen LogP contribution in [-0.2, 0) is 18.6 Å². The lowest BCUT2D eigenvalue weighted by atomic mass is 9.95. The minimum atomic E-state index is -4.30. The first-order valence-corrected chi connectivity index (χ1v) is 22.5. The third-order valence-corrected chi connectivity index (χ3v) is 13.5. The molecule has 13 nitrogen and oxygen atoms in total. The van der Waals surface area contributed by atoms with E-state index in [0.717, 1.165) is 51.5 Å². The highest BCUT2D eigenvalue weighted by Gasteiger charge is 2.49. The van der Waals surface area contributed by atoms with Crippen molar-refractivity contribution in [3.8, 4) is 35.4 Å². The molecule has 1 unspecified atom stereocenters. The summed E-state index contributed by atoms with van der Waals surface area (Å²) in [7, 11) is -4.30. The Morgan fingerprint density at radius 2 is 1.95 bits per heavy atom. The van der Waals surface area contributed by atoms with Crippen LogP contribution in [0.3, 0.4) is 0 Å². The number of pyridine rings is 1. The molecule has 3 saturated heterocycles. The molecule has 0 spiro atoms. The van der Waals surface area contributed by atoms with Gasteiger partial charge in [-0.15, -0.1) is 6.42 Å². The molecule has 4 aromatic rings. The number of fused-ring (bicyclic) bond motifs is 3. The number of alkyl halides is 1. The highest BCUT2D eigenvalue weighted by Crippen LogP contribution is 2.48. The minimum Gasteiger partial charge on any atom is -0.464 e. The number of carbonyl (C=O) groups is 1. The van der Waals surface area contributed by atoms with Crippen LogP contribution in [0.15, 0.2) is 30.5 Å². The number of nitrogens with zero attached hydrogens (tertiary/aromatic N) is 5. The first-order chi connectivity index (χ1) is 28.9. The van der Waals surface area contributed by atoms with Crippen molar-refractivity contribution in [2.45, 2.75) is 96.8 Å². The van der Waals surface area contributed by atoms with Gasteiger partial charge in [0.05, 0.1) is 29.7 Å².